The summed E-state index contributed by atoms with van der Waals surface area (Å²) in [5.41, 5.74) is 1.04. The van der Waals surface area contributed by atoms with Crippen LogP contribution >= 0.6 is 15.9 Å². The molecule has 0 aromatic heterocycles. The summed E-state index contributed by atoms with van der Waals surface area (Å²) in [5, 5.41) is 12.7. The number of halogens is 1. The van der Waals surface area contributed by atoms with Crippen molar-refractivity contribution >= 4 is 15.9 Å². The molecule has 1 aromatic rings. The van der Waals surface area contributed by atoms with Crippen LogP contribution in [0.4, 0.5) is 0 Å². The van der Waals surface area contributed by atoms with Gasteiger partial charge in [0.1, 0.15) is 0 Å². The molecular weight excluding hydrogens is 326 g/mol. The van der Waals surface area contributed by atoms with Crippen LogP contribution in [-0.2, 0) is 11.3 Å². The zero-order chi connectivity index (χ0) is 15.0. The van der Waals surface area contributed by atoms with Gasteiger partial charge in [-0.25, -0.2) is 0 Å². The number of aliphatic hydroxyl groups is 1. The van der Waals surface area contributed by atoms with Crippen LogP contribution in [0.25, 0.3) is 0 Å². The van der Waals surface area contributed by atoms with Gasteiger partial charge in [0.05, 0.1) is 30.9 Å². The third-order valence-corrected chi connectivity index (χ3v) is 3.24. The van der Waals surface area contributed by atoms with Gasteiger partial charge in [0.2, 0.25) is 0 Å². The minimum atomic E-state index is -0.506. The van der Waals surface area contributed by atoms with Gasteiger partial charge in [-0.1, -0.05) is 0 Å². The molecule has 1 rings (SSSR count). The third-order valence-electron chi connectivity index (χ3n) is 2.65. The van der Waals surface area contributed by atoms with Gasteiger partial charge in [0, 0.05) is 20.2 Å². The number of ether oxygens (including phenoxy) is 3. The van der Waals surface area contributed by atoms with Crippen LogP contribution in [0.3, 0.4) is 0 Å². The lowest BCUT2D eigenvalue weighted by Crippen LogP contribution is -2.29. The fourth-order valence-electron chi connectivity index (χ4n) is 1.79. The summed E-state index contributed by atoms with van der Waals surface area (Å²) in [6.07, 6.45) is -0.506. The van der Waals surface area contributed by atoms with Crippen molar-refractivity contribution in [3.8, 4) is 11.5 Å². The molecule has 0 radical (unpaired) electrons. The topological polar surface area (TPSA) is 60.0 Å². The standard InChI is InChI=1S/C14H22BrNO4/c1-4-20-14-12(15)5-10(6-13(14)19-3)7-16-8-11(17)9-18-2/h5-6,11,16-17H,4,7-9H2,1-3H3. The predicted octanol–water partition coefficient (Wildman–Crippen LogP) is 1.95. The van der Waals surface area contributed by atoms with Crippen molar-refractivity contribution in [1.82, 2.24) is 5.32 Å². The molecule has 0 bridgehead atoms. The van der Waals surface area contributed by atoms with Crippen LogP contribution in [0.5, 0.6) is 11.5 Å². The van der Waals surface area contributed by atoms with Crippen LogP contribution in [0.1, 0.15) is 12.5 Å². The molecule has 0 heterocycles. The number of aliphatic hydroxyl groups excluding tert-OH is 1. The number of methoxy groups -OCH3 is 2. The Hall–Kier alpha value is -0.820. The van der Waals surface area contributed by atoms with Gasteiger partial charge < -0.3 is 24.6 Å². The van der Waals surface area contributed by atoms with Gasteiger partial charge >= 0.3 is 0 Å². The second-order valence-electron chi connectivity index (χ2n) is 4.28. The maximum atomic E-state index is 9.56. The Labute approximate surface area is 128 Å². The summed E-state index contributed by atoms with van der Waals surface area (Å²) in [6, 6.07) is 3.90. The van der Waals surface area contributed by atoms with E-state index in [1.807, 2.05) is 19.1 Å². The Morgan fingerprint density at radius 2 is 2.10 bits per heavy atom. The highest BCUT2D eigenvalue weighted by Gasteiger charge is 2.11. The van der Waals surface area contributed by atoms with Crippen LogP contribution < -0.4 is 14.8 Å². The Kier molecular flexibility index (Phi) is 7.91. The fraction of sp³-hybridized carbons (Fsp3) is 0.571. The second kappa shape index (κ2) is 9.18. The van der Waals surface area contributed by atoms with Gasteiger partial charge in [-0.15, -0.1) is 0 Å². The number of benzene rings is 1. The maximum absolute atomic E-state index is 9.56. The number of nitrogens with one attached hydrogen (secondary N) is 1. The summed E-state index contributed by atoms with van der Waals surface area (Å²) < 4.78 is 16.6. The molecule has 0 saturated carbocycles. The van der Waals surface area contributed by atoms with Crippen molar-refractivity contribution in [2.24, 2.45) is 0 Å². The highest BCUT2D eigenvalue weighted by Crippen LogP contribution is 2.36. The van der Waals surface area contributed by atoms with E-state index in [-0.39, 0.29) is 0 Å². The summed E-state index contributed by atoms with van der Waals surface area (Å²) in [4.78, 5) is 0. The van der Waals surface area contributed by atoms with E-state index in [2.05, 4.69) is 21.2 Å². The molecule has 2 N–H and O–H groups in total. The lowest BCUT2D eigenvalue weighted by atomic mass is 10.2. The van der Waals surface area contributed by atoms with Gasteiger partial charge in [-0.3, -0.25) is 0 Å². The molecule has 1 aromatic carbocycles. The zero-order valence-electron chi connectivity index (χ0n) is 12.1. The largest absolute Gasteiger partial charge is 0.493 e. The highest BCUT2D eigenvalue weighted by atomic mass is 79.9. The molecule has 0 aliphatic carbocycles. The molecule has 1 atom stereocenters. The molecule has 0 amide bonds. The molecule has 1 unspecified atom stereocenters. The lowest BCUT2D eigenvalue weighted by Gasteiger charge is -2.14. The van der Waals surface area contributed by atoms with E-state index in [0.29, 0.717) is 37.8 Å². The molecule has 0 spiro atoms. The van der Waals surface area contributed by atoms with E-state index in [4.69, 9.17) is 14.2 Å². The van der Waals surface area contributed by atoms with Gasteiger partial charge in [-0.2, -0.15) is 0 Å². The van der Waals surface area contributed by atoms with Crippen LogP contribution in [0.2, 0.25) is 0 Å². The maximum Gasteiger partial charge on any atom is 0.175 e. The normalized spacial score (nSPS) is 12.2. The van der Waals surface area contributed by atoms with Crippen LogP contribution in [0, 0.1) is 0 Å². The van der Waals surface area contributed by atoms with E-state index >= 15 is 0 Å². The van der Waals surface area contributed by atoms with E-state index in [0.717, 1.165) is 10.0 Å². The monoisotopic (exact) mass is 347 g/mol. The Morgan fingerprint density at radius 1 is 1.35 bits per heavy atom. The highest BCUT2D eigenvalue weighted by molar-refractivity contribution is 9.10. The van der Waals surface area contributed by atoms with Crippen LogP contribution in [-0.4, -0.2) is 45.2 Å². The summed E-state index contributed by atoms with van der Waals surface area (Å²) in [7, 11) is 3.18. The molecule has 114 valence electrons. The minimum Gasteiger partial charge on any atom is -0.493 e. The first-order valence-electron chi connectivity index (χ1n) is 6.49. The van der Waals surface area contributed by atoms with Gasteiger partial charge in [0.15, 0.2) is 11.5 Å². The van der Waals surface area contributed by atoms with E-state index in [1.54, 1.807) is 14.2 Å². The van der Waals surface area contributed by atoms with E-state index in [1.165, 1.54) is 0 Å². The van der Waals surface area contributed by atoms with Crippen molar-refractivity contribution in [3.05, 3.63) is 22.2 Å². The average molecular weight is 348 g/mol. The SMILES string of the molecule is CCOc1c(Br)cc(CNCC(O)COC)cc1OC. The summed E-state index contributed by atoms with van der Waals surface area (Å²) in [5.74, 6) is 1.40. The third kappa shape index (κ3) is 5.28. The molecule has 6 heteroatoms. The average Bonchev–Trinajstić information content (AvgIpc) is 2.41. The number of hydrogen-bond acceptors (Lipinski definition) is 5. The Morgan fingerprint density at radius 3 is 2.70 bits per heavy atom. The van der Waals surface area contributed by atoms with Crippen LogP contribution in [0.15, 0.2) is 16.6 Å². The number of hydrogen-bond donors (Lipinski definition) is 2. The molecule has 0 fully saturated rings. The summed E-state index contributed by atoms with van der Waals surface area (Å²) in [6.45, 7) is 3.93. The molecule has 0 aliphatic heterocycles. The Balaban J connectivity index is 2.65. The first-order valence-corrected chi connectivity index (χ1v) is 7.28. The summed E-state index contributed by atoms with van der Waals surface area (Å²) >= 11 is 3.48. The van der Waals surface area contributed by atoms with Gasteiger partial charge in [0.25, 0.3) is 0 Å². The molecule has 5 nitrogen and oxygen atoms in total. The predicted molar refractivity (Wildman–Crippen MR) is 81.5 cm³/mol. The Bertz CT molecular complexity index is 414. The van der Waals surface area contributed by atoms with Crippen molar-refractivity contribution in [2.75, 3.05) is 34.0 Å². The van der Waals surface area contributed by atoms with Crippen molar-refractivity contribution < 1.29 is 19.3 Å². The van der Waals surface area contributed by atoms with E-state index in [9.17, 15) is 5.11 Å². The molecular formula is C14H22BrNO4. The molecule has 20 heavy (non-hydrogen) atoms. The smallest absolute Gasteiger partial charge is 0.175 e. The molecule has 0 saturated heterocycles. The fourth-order valence-corrected chi connectivity index (χ4v) is 2.40. The zero-order valence-corrected chi connectivity index (χ0v) is 13.7. The molecule has 0 aliphatic rings. The van der Waals surface area contributed by atoms with Gasteiger partial charge in [-0.05, 0) is 40.5 Å². The number of rotatable bonds is 9. The second-order valence-corrected chi connectivity index (χ2v) is 5.14. The van der Waals surface area contributed by atoms with Crippen molar-refractivity contribution in [3.63, 3.8) is 0 Å². The first-order chi connectivity index (χ1) is 9.62. The lowest BCUT2D eigenvalue weighted by molar-refractivity contribution is 0.0644. The minimum absolute atomic E-state index is 0.323. The first kappa shape index (κ1) is 17.2. The van der Waals surface area contributed by atoms with E-state index < -0.39 is 6.10 Å². The van der Waals surface area contributed by atoms with Crippen molar-refractivity contribution in [2.45, 2.75) is 19.6 Å². The quantitative estimate of drug-likeness (QED) is 0.714. The van der Waals surface area contributed by atoms with Crippen molar-refractivity contribution in [1.29, 1.82) is 0 Å².